The fraction of sp³-hybridized carbons (Fsp3) is 0.462. The summed E-state index contributed by atoms with van der Waals surface area (Å²) in [6.45, 7) is 4.92. The average Bonchev–Trinajstić information content (AvgIpc) is 2.42. The number of nitrogens with zero attached hydrogens (tertiary/aromatic N) is 1. The molecule has 1 amide bonds. The molecule has 1 saturated heterocycles. The summed E-state index contributed by atoms with van der Waals surface area (Å²) in [5.74, 6) is -0.418. The lowest BCUT2D eigenvalue weighted by atomic mass is 9.88. The van der Waals surface area contributed by atoms with E-state index in [2.05, 4.69) is 5.32 Å². The van der Waals surface area contributed by atoms with Gasteiger partial charge in [0.05, 0.1) is 10.0 Å². The first-order valence-electron chi connectivity index (χ1n) is 6.18. The van der Waals surface area contributed by atoms with Crippen LogP contribution in [0, 0.1) is 0 Å². The van der Waals surface area contributed by atoms with Crippen molar-refractivity contribution in [3.05, 3.63) is 33.8 Å². The Kier molecular flexibility index (Phi) is 4.36. The van der Waals surface area contributed by atoms with Crippen LogP contribution in [0.3, 0.4) is 0 Å². The Balaban J connectivity index is 2.49. The van der Waals surface area contributed by atoms with Gasteiger partial charge in [0.2, 0.25) is 5.91 Å². The molecule has 0 aliphatic carbocycles. The van der Waals surface area contributed by atoms with Gasteiger partial charge in [-0.15, -0.1) is 0 Å². The highest BCUT2D eigenvalue weighted by Crippen LogP contribution is 2.37. The van der Waals surface area contributed by atoms with Crippen LogP contribution < -0.4 is 11.1 Å². The highest BCUT2D eigenvalue weighted by molar-refractivity contribution is 6.42. The van der Waals surface area contributed by atoms with Gasteiger partial charge >= 0.3 is 0 Å². The molecule has 2 rings (SSSR count). The van der Waals surface area contributed by atoms with Crippen molar-refractivity contribution in [1.82, 2.24) is 10.2 Å². The molecule has 1 aliphatic heterocycles. The standard InChI is InChI=1S/C13H17Cl2N3O/c1-13(12(16)19,18-7-5-17-6-8-18)9-3-2-4-10(14)11(9)15/h2-4,17H,5-8H2,1H3,(H2,16,19). The Morgan fingerprint density at radius 1 is 1.37 bits per heavy atom. The fourth-order valence-corrected chi connectivity index (χ4v) is 2.94. The predicted molar refractivity (Wildman–Crippen MR) is 77.5 cm³/mol. The Labute approximate surface area is 122 Å². The second-order valence-corrected chi connectivity index (χ2v) is 5.56. The second-order valence-electron chi connectivity index (χ2n) is 4.77. The lowest BCUT2D eigenvalue weighted by Crippen LogP contribution is -2.58. The number of nitrogens with two attached hydrogens (primary N) is 1. The summed E-state index contributed by atoms with van der Waals surface area (Å²) in [5, 5.41) is 4.08. The van der Waals surface area contributed by atoms with Crippen LogP contribution in [-0.4, -0.2) is 37.0 Å². The van der Waals surface area contributed by atoms with E-state index in [-0.39, 0.29) is 0 Å². The molecular formula is C13H17Cl2N3O. The van der Waals surface area contributed by atoms with E-state index < -0.39 is 11.4 Å². The van der Waals surface area contributed by atoms with Crippen molar-refractivity contribution in [2.24, 2.45) is 5.73 Å². The predicted octanol–water partition coefficient (Wildman–Crippen LogP) is 1.60. The molecule has 4 nitrogen and oxygen atoms in total. The van der Waals surface area contributed by atoms with Gasteiger partial charge in [-0.25, -0.2) is 0 Å². The molecule has 1 atom stereocenters. The number of carbonyl (C=O) groups is 1. The van der Waals surface area contributed by atoms with Crippen molar-refractivity contribution < 1.29 is 4.79 Å². The number of amides is 1. The van der Waals surface area contributed by atoms with E-state index in [1.165, 1.54) is 0 Å². The zero-order chi connectivity index (χ0) is 14.0. The molecule has 1 fully saturated rings. The van der Waals surface area contributed by atoms with E-state index >= 15 is 0 Å². The lowest BCUT2D eigenvalue weighted by Gasteiger charge is -2.42. The first-order chi connectivity index (χ1) is 8.98. The minimum absolute atomic E-state index is 0.393. The number of halogens is 2. The van der Waals surface area contributed by atoms with Gasteiger partial charge in [0, 0.05) is 31.7 Å². The van der Waals surface area contributed by atoms with Crippen LogP contribution in [-0.2, 0) is 10.3 Å². The van der Waals surface area contributed by atoms with E-state index in [9.17, 15) is 4.79 Å². The number of rotatable bonds is 3. The van der Waals surface area contributed by atoms with Crippen LogP contribution in [0.1, 0.15) is 12.5 Å². The van der Waals surface area contributed by atoms with E-state index in [0.29, 0.717) is 15.6 Å². The molecule has 0 bridgehead atoms. The maximum absolute atomic E-state index is 12.0. The summed E-state index contributed by atoms with van der Waals surface area (Å²) >= 11 is 12.3. The largest absolute Gasteiger partial charge is 0.368 e. The molecule has 19 heavy (non-hydrogen) atoms. The number of hydrogen-bond acceptors (Lipinski definition) is 3. The van der Waals surface area contributed by atoms with E-state index in [1.807, 2.05) is 4.90 Å². The summed E-state index contributed by atoms with van der Waals surface area (Å²) < 4.78 is 0. The molecule has 3 N–H and O–H groups in total. The van der Waals surface area contributed by atoms with E-state index in [1.54, 1.807) is 25.1 Å². The number of primary amides is 1. The quantitative estimate of drug-likeness (QED) is 0.891. The average molecular weight is 302 g/mol. The summed E-state index contributed by atoms with van der Waals surface area (Å²) in [6.07, 6.45) is 0. The van der Waals surface area contributed by atoms with Crippen LogP contribution >= 0.6 is 23.2 Å². The van der Waals surface area contributed by atoms with E-state index in [0.717, 1.165) is 26.2 Å². The first-order valence-corrected chi connectivity index (χ1v) is 6.93. The summed E-state index contributed by atoms with van der Waals surface area (Å²) in [6, 6.07) is 5.29. The van der Waals surface area contributed by atoms with Gasteiger partial charge in [0.1, 0.15) is 5.54 Å². The van der Waals surface area contributed by atoms with Gasteiger partial charge in [-0.3, -0.25) is 9.69 Å². The Hall–Kier alpha value is -0.810. The number of nitrogens with one attached hydrogen (secondary N) is 1. The molecule has 0 aromatic heterocycles. The Morgan fingerprint density at radius 2 is 2.00 bits per heavy atom. The smallest absolute Gasteiger partial charge is 0.242 e. The number of piperazine rings is 1. The molecule has 104 valence electrons. The highest BCUT2D eigenvalue weighted by atomic mass is 35.5. The van der Waals surface area contributed by atoms with Crippen LogP contribution in [0.2, 0.25) is 10.0 Å². The van der Waals surface area contributed by atoms with E-state index in [4.69, 9.17) is 28.9 Å². The Bertz CT molecular complexity index is 489. The van der Waals surface area contributed by atoms with Gasteiger partial charge in [-0.1, -0.05) is 35.3 Å². The van der Waals surface area contributed by atoms with Crippen molar-refractivity contribution in [2.45, 2.75) is 12.5 Å². The SMILES string of the molecule is CC(C(N)=O)(c1cccc(Cl)c1Cl)N1CCNCC1. The number of carbonyl (C=O) groups excluding carboxylic acids is 1. The van der Waals surface area contributed by atoms with Crippen molar-refractivity contribution in [1.29, 1.82) is 0 Å². The molecule has 1 aromatic rings. The monoisotopic (exact) mass is 301 g/mol. The van der Waals surface area contributed by atoms with Crippen LogP contribution in [0.5, 0.6) is 0 Å². The van der Waals surface area contributed by atoms with Crippen molar-refractivity contribution in [3.8, 4) is 0 Å². The van der Waals surface area contributed by atoms with Crippen molar-refractivity contribution >= 4 is 29.1 Å². The molecule has 0 spiro atoms. The van der Waals surface area contributed by atoms with Gasteiger partial charge in [-0.2, -0.15) is 0 Å². The van der Waals surface area contributed by atoms with Crippen molar-refractivity contribution in [3.63, 3.8) is 0 Å². The maximum atomic E-state index is 12.0. The van der Waals surface area contributed by atoms with Gasteiger partial charge in [0.15, 0.2) is 0 Å². The topological polar surface area (TPSA) is 58.4 Å². The summed E-state index contributed by atoms with van der Waals surface area (Å²) in [4.78, 5) is 14.1. The van der Waals surface area contributed by atoms with Gasteiger partial charge in [-0.05, 0) is 13.0 Å². The maximum Gasteiger partial charge on any atom is 0.242 e. The zero-order valence-electron chi connectivity index (χ0n) is 10.7. The molecule has 1 aliphatic rings. The normalized spacial score (nSPS) is 19.9. The Morgan fingerprint density at radius 3 is 2.58 bits per heavy atom. The fourth-order valence-electron chi connectivity index (χ4n) is 2.45. The third-order valence-corrected chi connectivity index (χ3v) is 4.52. The second kappa shape index (κ2) is 5.67. The minimum Gasteiger partial charge on any atom is -0.368 e. The summed E-state index contributed by atoms with van der Waals surface area (Å²) in [5.41, 5.74) is 5.37. The zero-order valence-corrected chi connectivity index (χ0v) is 12.3. The third-order valence-electron chi connectivity index (χ3n) is 3.71. The molecule has 1 unspecified atom stereocenters. The molecule has 6 heteroatoms. The molecule has 1 aromatic carbocycles. The van der Waals surface area contributed by atoms with Crippen LogP contribution in [0.25, 0.3) is 0 Å². The van der Waals surface area contributed by atoms with Crippen LogP contribution in [0.15, 0.2) is 18.2 Å². The van der Waals surface area contributed by atoms with Crippen molar-refractivity contribution in [2.75, 3.05) is 26.2 Å². The molecule has 0 saturated carbocycles. The van der Waals surface area contributed by atoms with Gasteiger partial charge < -0.3 is 11.1 Å². The molecule has 0 radical (unpaired) electrons. The number of benzene rings is 1. The molecular weight excluding hydrogens is 285 g/mol. The summed E-state index contributed by atoms with van der Waals surface area (Å²) in [7, 11) is 0. The molecule has 1 heterocycles. The number of hydrogen-bond donors (Lipinski definition) is 2. The first kappa shape index (κ1) is 14.6. The highest BCUT2D eigenvalue weighted by Gasteiger charge is 2.41. The van der Waals surface area contributed by atoms with Crippen LogP contribution in [0.4, 0.5) is 0 Å². The minimum atomic E-state index is -0.940. The third kappa shape index (κ3) is 2.58. The lowest BCUT2D eigenvalue weighted by molar-refractivity contribution is -0.130. The van der Waals surface area contributed by atoms with Gasteiger partial charge in [0.25, 0.3) is 0 Å².